The summed E-state index contributed by atoms with van der Waals surface area (Å²) in [5, 5.41) is 21.1. The maximum absolute atomic E-state index is 13.0. The Labute approximate surface area is 220 Å². The molecular weight excluding hydrogens is 504 g/mol. The van der Waals surface area contributed by atoms with Gasteiger partial charge in [0.1, 0.15) is 5.75 Å². The maximum Gasteiger partial charge on any atom is 0.312 e. The number of fused-ring (bicyclic) bond motifs is 7. The number of carbonyl (C=O) groups excluding carboxylic acids is 1. The van der Waals surface area contributed by atoms with E-state index in [-0.39, 0.29) is 23.8 Å². The molecule has 0 spiro atoms. The number of aromatic hydroxyl groups is 1. The summed E-state index contributed by atoms with van der Waals surface area (Å²) >= 11 is 0. The molecule has 3 fully saturated rings. The van der Waals surface area contributed by atoms with E-state index in [0.717, 1.165) is 53.4 Å². The van der Waals surface area contributed by atoms with E-state index < -0.39 is 32.6 Å². The number of carboxylic acids is 1. The first-order valence-electron chi connectivity index (χ1n) is 13.5. The molecule has 0 bridgehead atoms. The Hall–Kier alpha value is -3.33. The van der Waals surface area contributed by atoms with E-state index in [1.807, 2.05) is 12.1 Å². The van der Waals surface area contributed by atoms with Crippen molar-refractivity contribution in [3.63, 3.8) is 0 Å². The molecule has 38 heavy (non-hydrogen) atoms. The predicted octanol–water partition coefficient (Wildman–Crippen LogP) is 4.86. The van der Waals surface area contributed by atoms with Gasteiger partial charge in [0.25, 0.3) is 5.91 Å². The van der Waals surface area contributed by atoms with Crippen LogP contribution >= 0.6 is 0 Å². The van der Waals surface area contributed by atoms with Gasteiger partial charge >= 0.3 is 5.97 Å². The molecule has 1 amide bonds. The summed E-state index contributed by atoms with van der Waals surface area (Å²) in [6, 6.07) is 10.6. The van der Waals surface area contributed by atoms with Gasteiger partial charge in [-0.1, -0.05) is 25.3 Å². The minimum atomic E-state index is -3.70. The summed E-state index contributed by atoms with van der Waals surface area (Å²) in [6.07, 6.45) is 7.12. The Bertz CT molecular complexity index is 1630. The van der Waals surface area contributed by atoms with Gasteiger partial charge < -0.3 is 14.8 Å². The number of phenolic OH excluding ortho intramolecular Hbond substituents is 1. The lowest BCUT2D eigenvalue weighted by molar-refractivity contribution is -0.144. The van der Waals surface area contributed by atoms with E-state index in [9.17, 15) is 28.2 Å². The summed E-state index contributed by atoms with van der Waals surface area (Å²) < 4.78 is 29.2. The van der Waals surface area contributed by atoms with Crippen molar-refractivity contribution in [2.45, 2.75) is 75.0 Å². The second-order valence-electron chi connectivity index (χ2n) is 11.6. The first-order chi connectivity index (χ1) is 18.2. The van der Waals surface area contributed by atoms with E-state index in [0.29, 0.717) is 25.2 Å². The van der Waals surface area contributed by atoms with Gasteiger partial charge in [-0.05, 0) is 79.5 Å². The molecule has 0 saturated heterocycles. The summed E-state index contributed by atoms with van der Waals surface area (Å²) in [6.45, 7) is 0.256. The highest BCUT2D eigenvalue weighted by atomic mass is 32.2. The second kappa shape index (κ2) is 8.09. The number of nitrogens with one attached hydrogen (secondary N) is 1. The van der Waals surface area contributed by atoms with Crippen LogP contribution in [0.2, 0.25) is 0 Å². The summed E-state index contributed by atoms with van der Waals surface area (Å²) in [4.78, 5) is 25.7. The Morgan fingerprint density at radius 2 is 1.76 bits per heavy atom. The van der Waals surface area contributed by atoms with E-state index in [2.05, 4.69) is 9.29 Å². The second-order valence-corrected chi connectivity index (χ2v) is 13.5. The van der Waals surface area contributed by atoms with Gasteiger partial charge in [-0.25, -0.2) is 13.1 Å². The van der Waals surface area contributed by atoms with Crippen molar-refractivity contribution in [3.05, 3.63) is 53.1 Å². The van der Waals surface area contributed by atoms with Gasteiger partial charge in [0.15, 0.2) is 0 Å². The van der Waals surface area contributed by atoms with Crippen molar-refractivity contribution in [1.29, 1.82) is 0 Å². The first-order valence-corrected chi connectivity index (χ1v) is 15.0. The fourth-order valence-electron chi connectivity index (χ4n) is 6.95. The van der Waals surface area contributed by atoms with Crippen LogP contribution in [0.15, 0.2) is 36.4 Å². The predicted molar refractivity (Wildman–Crippen MR) is 142 cm³/mol. The Morgan fingerprint density at radius 1 is 1.00 bits per heavy atom. The average Bonchev–Trinajstić information content (AvgIpc) is 3.80. The molecule has 2 heterocycles. The molecule has 4 aliphatic rings. The highest BCUT2D eigenvalue weighted by molar-refractivity contribution is 7.91. The number of amides is 1. The minimum absolute atomic E-state index is 0.120. The highest BCUT2D eigenvalue weighted by Gasteiger charge is 2.63. The molecule has 2 unspecified atom stereocenters. The minimum Gasteiger partial charge on any atom is -0.508 e. The lowest BCUT2D eigenvalue weighted by Crippen LogP contribution is -2.33. The highest BCUT2D eigenvalue weighted by Crippen LogP contribution is 2.65. The number of phenols is 1. The number of hydrogen-bond acceptors (Lipinski definition) is 5. The van der Waals surface area contributed by atoms with Crippen LogP contribution in [0.5, 0.6) is 5.75 Å². The normalized spacial score (nSPS) is 24.7. The lowest BCUT2D eigenvalue weighted by Gasteiger charge is -2.24. The van der Waals surface area contributed by atoms with Crippen LogP contribution in [-0.2, 0) is 21.4 Å². The molecule has 1 aromatic heterocycles. The first kappa shape index (κ1) is 23.8. The molecular formula is C29H30N2O6S. The molecule has 0 radical (unpaired) electrons. The lowest BCUT2D eigenvalue weighted by atomic mass is 9.81. The molecule has 1 aliphatic heterocycles. The molecule has 3 aliphatic carbocycles. The zero-order chi connectivity index (χ0) is 26.4. The molecule has 198 valence electrons. The Kier molecular flexibility index (Phi) is 5.06. The third-order valence-corrected chi connectivity index (χ3v) is 11.0. The smallest absolute Gasteiger partial charge is 0.312 e. The number of sulfonamides is 1. The van der Waals surface area contributed by atoms with Gasteiger partial charge in [0.2, 0.25) is 10.0 Å². The molecule has 3 saturated carbocycles. The summed E-state index contributed by atoms with van der Waals surface area (Å²) in [5.74, 6) is -1.31. The number of rotatable bonds is 5. The van der Waals surface area contributed by atoms with Crippen molar-refractivity contribution >= 4 is 32.8 Å². The van der Waals surface area contributed by atoms with Crippen LogP contribution < -0.4 is 4.72 Å². The van der Waals surface area contributed by atoms with Crippen molar-refractivity contribution in [3.8, 4) is 17.0 Å². The quantitative estimate of drug-likeness (QED) is 0.429. The number of aliphatic carboxylic acids is 1. The zero-order valence-corrected chi connectivity index (χ0v) is 21.8. The fraction of sp³-hybridized carbons (Fsp3) is 0.448. The maximum atomic E-state index is 13.0. The number of hydrogen-bond donors (Lipinski definition) is 3. The van der Waals surface area contributed by atoms with Crippen molar-refractivity contribution in [2.24, 2.45) is 5.41 Å². The average molecular weight is 535 g/mol. The number of aromatic nitrogens is 1. The van der Waals surface area contributed by atoms with Gasteiger partial charge in [0, 0.05) is 34.5 Å². The molecule has 9 heteroatoms. The molecule has 3 N–H and O–H groups in total. The Balaban J connectivity index is 1.45. The monoisotopic (exact) mass is 534 g/mol. The molecule has 8 nitrogen and oxygen atoms in total. The molecule has 2 atom stereocenters. The van der Waals surface area contributed by atoms with Crippen LogP contribution in [0, 0.1) is 5.41 Å². The van der Waals surface area contributed by atoms with E-state index in [1.165, 1.54) is 12.0 Å². The number of carbonyl (C=O) groups is 2. The standard InChI is InChI=1S/C29H30N2O6S/c32-18-7-11-20-22(13-18)23-14-29(23,28(34)35)15-31-24-12-17(27(33)30-38(36,37)19-8-9-19)6-10-21(24)25(26(20)31)16-4-2-1-3-5-16/h6-7,10-13,16,19,23,32H,1-5,8-9,14-15H2,(H,30,33)(H,34,35). The van der Waals surface area contributed by atoms with Gasteiger partial charge in [-0.15, -0.1) is 0 Å². The zero-order valence-electron chi connectivity index (χ0n) is 20.9. The van der Waals surface area contributed by atoms with Crippen LogP contribution in [0.25, 0.3) is 22.2 Å². The van der Waals surface area contributed by atoms with Gasteiger partial charge in [-0.3, -0.25) is 9.59 Å². The number of benzene rings is 2. The van der Waals surface area contributed by atoms with Crippen molar-refractivity contribution < 1.29 is 28.2 Å². The van der Waals surface area contributed by atoms with Crippen LogP contribution in [-0.4, -0.2) is 40.3 Å². The third-order valence-electron chi connectivity index (χ3n) is 9.18. The summed E-state index contributed by atoms with van der Waals surface area (Å²) in [5.41, 5.74) is 3.95. The summed E-state index contributed by atoms with van der Waals surface area (Å²) in [7, 11) is -3.70. The molecule has 2 aromatic carbocycles. The Morgan fingerprint density at radius 3 is 2.47 bits per heavy atom. The molecule has 3 aromatic rings. The van der Waals surface area contributed by atoms with Crippen LogP contribution in [0.1, 0.15) is 84.7 Å². The number of carboxylic acid groups (broad SMARTS) is 1. The topological polar surface area (TPSA) is 126 Å². The van der Waals surface area contributed by atoms with E-state index >= 15 is 0 Å². The van der Waals surface area contributed by atoms with E-state index in [4.69, 9.17) is 0 Å². The SMILES string of the molecule is O=C(NS(=O)(=O)C1CC1)c1ccc2c(C3CCCCC3)c3n(c2c1)CC1(C(=O)O)CC1c1cc(O)ccc1-3. The molecule has 7 rings (SSSR count). The van der Waals surface area contributed by atoms with Crippen LogP contribution in [0.3, 0.4) is 0 Å². The van der Waals surface area contributed by atoms with E-state index in [1.54, 1.807) is 24.3 Å². The number of nitrogens with zero attached hydrogens (tertiary/aromatic N) is 1. The van der Waals surface area contributed by atoms with Gasteiger partial charge in [0.05, 0.1) is 16.4 Å². The van der Waals surface area contributed by atoms with Gasteiger partial charge in [-0.2, -0.15) is 0 Å². The fourth-order valence-corrected chi connectivity index (χ4v) is 8.25. The largest absolute Gasteiger partial charge is 0.508 e. The van der Waals surface area contributed by atoms with Crippen molar-refractivity contribution in [2.75, 3.05) is 0 Å². The van der Waals surface area contributed by atoms with Crippen molar-refractivity contribution in [1.82, 2.24) is 9.29 Å². The third kappa shape index (κ3) is 3.51. The van der Waals surface area contributed by atoms with Crippen LogP contribution in [0.4, 0.5) is 0 Å².